The lowest BCUT2D eigenvalue weighted by Gasteiger charge is -2.25. The van der Waals surface area contributed by atoms with Gasteiger partial charge in [0, 0.05) is 24.2 Å². The number of hydrogen-bond acceptors (Lipinski definition) is 7. The predicted molar refractivity (Wildman–Crippen MR) is 95.4 cm³/mol. The number of nitrogens with zero attached hydrogens (tertiary/aromatic N) is 5. The van der Waals surface area contributed by atoms with E-state index in [9.17, 15) is 9.18 Å². The Morgan fingerprint density at radius 3 is 3.14 bits per heavy atom. The monoisotopic (exact) mass is 384 g/mol. The third-order valence-corrected chi connectivity index (χ3v) is 4.80. The van der Waals surface area contributed by atoms with Crippen LogP contribution in [0.25, 0.3) is 5.65 Å². The standard InChI is InChI=1S/C18H17FN6O3/c1-10-7-20-17(26)13-9-22-24-4-2-15(23-16(13)24)25-14(3-5-27-25)12-6-11(19)8-21-18(12)28-10/h2,4,6,8-10,14H,3,5,7H2,1H3,(H,20,26)/t10-,14+/m0/s1. The summed E-state index contributed by atoms with van der Waals surface area (Å²) in [6, 6.07) is 2.81. The zero-order valence-electron chi connectivity index (χ0n) is 15.0. The van der Waals surface area contributed by atoms with Crippen molar-refractivity contribution in [2.45, 2.75) is 25.5 Å². The zero-order chi connectivity index (χ0) is 19.3. The molecule has 1 fully saturated rings. The predicted octanol–water partition coefficient (Wildman–Crippen LogP) is 1.66. The molecule has 10 heteroatoms. The Hall–Kier alpha value is -3.27. The third kappa shape index (κ3) is 2.73. The molecule has 0 spiro atoms. The van der Waals surface area contributed by atoms with E-state index in [1.54, 1.807) is 17.3 Å². The maximum Gasteiger partial charge on any atom is 0.256 e. The normalized spacial score (nSPS) is 21.9. The molecule has 1 amide bonds. The van der Waals surface area contributed by atoms with E-state index in [1.165, 1.54) is 16.8 Å². The minimum Gasteiger partial charge on any atom is -0.473 e. The van der Waals surface area contributed by atoms with Gasteiger partial charge in [-0.1, -0.05) is 0 Å². The van der Waals surface area contributed by atoms with Crippen LogP contribution in [0.5, 0.6) is 5.88 Å². The van der Waals surface area contributed by atoms with E-state index in [2.05, 4.69) is 20.4 Å². The van der Waals surface area contributed by atoms with Gasteiger partial charge < -0.3 is 10.1 Å². The molecule has 0 radical (unpaired) electrons. The second-order valence-electron chi connectivity index (χ2n) is 6.76. The maximum atomic E-state index is 14.0. The second kappa shape index (κ2) is 6.41. The van der Waals surface area contributed by atoms with Gasteiger partial charge in [0.1, 0.15) is 17.5 Å². The fourth-order valence-corrected chi connectivity index (χ4v) is 3.46. The van der Waals surface area contributed by atoms with Crippen molar-refractivity contribution in [2.75, 3.05) is 18.2 Å². The summed E-state index contributed by atoms with van der Waals surface area (Å²) in [5.41, 5.74) is 1.34. The Morgan fingerprint density at radius 2 is 2.25 bits per heavy atom. The first-order valence-electron chi connectivity index (χ1n) is 8.97. The second-order valence-corrected chi connectivity index (χ2v) is 6.76. The van der Waals surface area contributed by atoms with Gasteiger partial charge in [-0.15, -0.1) is 0 Å². The Kier molecular flexibility index (Phi) is 3.86. The highest BCUT2D eigenvalue weighted by Gasteiger charge is 2.33. The van der Waals surface area contributed by atoms with Crippen LogP contribution >= 0.6 is 0 Å². The Morgan fingerprint density at radius 1 is 1.36 bits per heavy atom. The fourth-order valence-electron chi connectivity index (χ4n) is 3.46. The van der Waals surface area contributed by atoms with Crippen molar-refractivity contribution in [1.29, 1.82) is 0 Å². The number of amides is 1. The summed E-state index contributed by atoms with van der Waals surface area (Å²) in [6.07, 6.45) is 4.54. The average molecular weight is 384 g/mol. The molecule has 5 heterocycles. The molecular weight excluding hydrogens is 367 g/mol. The highest BCUT2D eigenvalue weighted by Crippen LogP contribution is 2.38. The first-order chi connectivity index (χ1) is 13.6. The van der Waals surface area contributed by atoms with Crippen molar-refractivity contribution in [3.05, 3.63) is 47.7 Å². The Balaban J connectivity index is 1.69. The number of carbonyl (C=O) groups excluding carboxylic acids is 1. The van der Waals surface area contributed by atoms with Gasteiger partial charge in [-0.2, -0.15) is 5.10 Å². The molecule has 3 aromatic rings. The number of ether oxygens (including phenoxy) is 1. The van der Waals surface area contributed by atoms with Crippen molar-refractivity contribution in [2.24, 2.45) is 0 Å². The molecule has 2 atom stereocenters. The highest BCUT2D eigenvalue weighted by atomic mass is 19.1. The van der Waals surface area contributed by atoms with Crippen molar-refractivity contribution in [1.82, 2.24) is 24.9 Å². The van der Waals surface area contributed by atoms with Gasteiger partial charge in [-0.3, -0.25) is 9.63 Å². The molecule has 9 nitrogen and oxygen atoms in total. The van der Waals surface area contributed by atoms with Gasteiger partial charge in [-0.05, 0) is 13.0 Å². The minimum absolute atomic E-state index is 0.249. The van der Waals surface area contributed by atoms with Crippen molar-refractivity contribution >= 4 is 17.4 Å². The summed E-state index contributed by atoms with van der Waals surface area (Å²) in [7, 11) is 0. The van der Waals surface area contributed by atoms with Crippen LogP contribution < -0.4 is 15.1 Å². The molecule has 2 bridgehead atoms. The topological polar surface area (TPSA) is 93.9 Å². The zero-order valence-corrected chi connectivity index (χ0v) is 15.0. The number of nitrogens with one attached hydrogen (secondary N) is 1. The lowest BCUT2D eigenvalue weighted by molar-refractivity contribution is 0.0932. The number of halogens is 1. The number of fused-ring (bicyclic) bond motifs is 5. The summed E-state index contributed by atoms with van der Waals surface area (Å²) in [6.45, 7) is 2.50. The quantitative estimate of drug-likeness (QED) is 0.630. The van der Waals surface area contributed by atoms with Gasteiger partial charge in [0.2, 0.25) is 5.88 Å². The minimum atomic E-state index is -0.457. The Bertz CT molecular complexity index is 1070. The summed E-state index contributed by atoms with van der Waals surface area (Å²) < 4.78 is 21.4. The molecule has 1 N–H and O–H groups in total. The average Bonchev–Trinajstić information content (AvgIpc) is 3.33. The number of aromatic nitrogens is 4. The molecule has 3 aromatic heterocycles. The number of hydrogen-bond donors (Lipinski definition) is 1. The van der Waals surface area contributed by atoms with Crippen LogP contribution in [0.1, 0.15) is 35.3 Å². The number of anilines is 1. The van der Waals surface area contributed by atoms with Crippen LogP contribution in [0.3, 0.4) is 0 Å². The summed E-state index contributed by atoms with van der Waals surface area (Å²) in [4.78, 5) is 27.1. The molecule has 28 heavy (non-hydrogen) atoms. The van der Waals surface area contributed by atoms with Gasteiger partial charge in [0.15, 0.2) is 11.5 Å². The molecule has 0 saturated carbocycles. The Labute approximate surface area is 159 Å². The molecule has 0 aromatic carbocycles. The largest absolute Gasteiger partial charge is 0.473 e. The van der Waals surface area contributed by atoms with Gasteiger partial charge in [-0.25, -0.2) is 23.9 Å². The smallest absolute Gasteiger partial charge is 0.256 e. The highest BCUT2D eigenvalue weighted by molar-refractivity contribution is 5.99. The molecule has 2 aliphatic rings. The van der Waals surface area contributed by atoms with Gasteiger partial charge >= 0.3 is 0 Å². The molecule has 5 rings (SSSR count). The molecule has 0 unspecified atom stereocenters. The lowest BCUT2D eigenvalue weighted by Crippen LogP contribution is -2.34. The van der Waals surface area contributed by atoms with E-state index in [0.717, 1.165) is 6.20 Å². The van der Waals surface area contributed by atoms with Crippen LogP contribution in [0.2, 0.25) is 0 Å². The van der Waals surface area contributed by atoms with Gasteiger partial charge in [0.05, 0.1) is 31.6 Å². The van der Waals surface area contributed by atoms with Crippen molar-refractivity contribution in [3.8, 4) is 5.88 Å². The molecule has 144 valence electrons. The van der Waals surface area contributed by atoms with Crippen LogP contribution in [0, 0.1) is 5.82 Å². The van der Waals surface area contributed by atoms with E-state index in [4.69, 9.17) is 9.57 Å². The summed E-state index contributed by atoms with van der Waals surface area (Å²) in [5.74, 6) is 0.0421. The van der Waals surface area contributed by atoms with Crippen LogP contribution in [0.4, 0.5) is 10.2 Å². The molecule has 0 aliphatic carbocycles. The number of hydroxylamine groups is 1. The van der Waals surface area contributed by atoms with Crippen LogP contribution in [0.15, 0.2) is 30.7 Å². The number of pyridine rings is 1. The number of rotatable bonds is 0. The third-order valence-electron chi connectivity index (χ3n) is 4.80. The summed E-state index contributed by atoms with van der Waals surface area (Å²) >= 11 is 0. The van der Waals surface area contributed by atoms with Gasteiger partial charge in [0.25, 0.3) is 5.91 Å². The summed E-state index contributed by atoms with van der Waals surface area (Å²) in [5, 5.41) is 8.60. The van der Waals surface area contributed by atoms with Crippen molar-refractivity contribution < 1.29 is 18.8 Å². The fraction of sp³-hybridized carbons (Fsp3) is 0.333. The first-order valence-corrected chi connectivity index (χ1v) is 8.97. The molecular formula is C18H17FN6O3. The van der Waals surface area contributed by atoms with E-state index in [-0.39, 0.29) is 24.6 Å². The van der Waals surface area contributed by atoms with E-state index < -0.39 is 5.82 Å². The van der Waals surface area contributed by atoms with E-state index in [0.29, 0.717) is 41.5 Å². The van der Waals surface area contributed by atoms with Crippen molar-refractivity contribution in [3.63, 3.8) is 0 Å². The first kappa shape index (κ1) is 16.9. The van der Waals surface area contributed by atoms with E-state index >= 15 is 0 Å². The number of carbonyl (C=O) groups is 1. The SMILES string of the molecule is C[C@H]1CNC(=O)c2cnn3ccc(nc23)N2OCC[C@@H]2c2cc(F)cnc2O1. The van der Waals surface area contributed by atoms with Crippen LogP contribution in [-0.2, 0) is 4.84 Å². The maximum absolute atomic E-state index is 14.0. The molecule has 1 saturated heterocycles. The van der Waals surface area contributed by atoms with E-state index in [1.807, 2.05) is 6.92 Å². The van der Waals surface area contributed by atoms with Crippen LogP contribution in [-0.4, -0.2) is 44.7 Å². The lowest BCUT2D eigenvalue weighted by atomic mass is 10.1. The molecule has 2 aliphatic heterocycles.